The van der Waals surface area contributed by atoms with Gasteiger partial charge in [0.05, 0.1) is 5.60 Å². The van der Waals surface area contributed by atoms with E-state index in [2.05, 4.69) is 13.8 Å². The lowest BCUT2D eigenvalue weighted by molar-refractivity contribution is -0.0406. The van der Waals surface area contributed by atoms with Crippen molar-refractivity contribution in [1.29, 1.82) is 0 Å². The summed E-state index contributed by atoms with van der Waals surface area (Å²) in [4.78, 5) is 0. The zero-order valence-corrected chi connectivity index (χ0v) is 9.18. The van der Waals surface area contributed by atoms with E-state index in [1.165, 1.54) is 12.8 Å². The van der Waals surface area contributed by atoms with Crippen LogP contribution in [0.25, 0.3) is 0 Å². The van der Waals surface area contributed by atoms with Crippen molar-refractivity contribution in [1.82, 2.24) is 0 Å². The summed E-state index contributed by atoms with van der Waals surface area (Å²) in [6.45, 7) is 4.33. The number of ether oxygens (including phenoxy) is 1. The predicted molar refractivity (Wildman–Crippen MR) is 55.6 cm³/mol. The number of hydrogen-bond acceptors (Lipinski definition) is 2. The van der Waals surface area contributed by atoms with Crippen molar-refractivity contribution in [2.45, 2.75) is 57.6 Å². The van der Waals surface area contributed by atoms with Gasteiger partial charge in [-0.25, -0.2) is 0 Å². The minimum absolute atomic E-state index is 0.0669. The van der Waals surface area contributed by atoms with Gasteiger partial charge in [-0.1, -0.05) is 26.7 Å². The van der Waals surface area contributed by atoms with E-state index < -0.39 is 0 Å². The molecule has 0 saturated heterocycles. The molecule has 1 saturated carbocycles. The molecule has 1 atom stereocenters. The number of nitrogens with two attached hydrogens (primary N) is 1. The molecule has 1 rings (SSSR count). The van der Waals surface area contributed by atoms with Gasteiger partial charge in [-0.2, -0.15) is 0 Å². The summed E-state index contributed by atoms with van der Waals surface area (Å²) in [6, 6.07) is 0.222. The second kappa shape index (κ2) is 4.43. The normalized spacial score (nSPS) is 20.3. The van der Waals surface area contributed by atoms with Gasteiger partial charge in [0, 0.05) is 13.2 Å². The maximum Gasteiger partial charge on any atom is 0.0823 e. The smallest absolute Gasteiger partial charge is 0.0823 e. The maximum atomic E-state index is 6.20. The Balaban J connectivity index is 2.49. The SMILES string of the molecule is CCC(CC)(OC)C(N)CC1CC1. The molecule has 1 fully saturated rings. The van der Waals surface area contributed by atoms with Crippen LogP contribution < -0.4 is 5.73 Å². The molecular weight excluding hydrogens is 162 g/mol. The number of hydrogen-bond donors (Lipinski definition) is 1. The molecule has 0 spiro atoms. The fraction of sp³-hybridized carbons (Fsp3) is 1.00. The summed E-state index contributed by atoms with van der Waals surface area (Å²) in [5.74, 6) is 0.891. The van der Waals surface area contributed by atoms with Crippen LogP contribution in [-0.2, 0) is 4.74 Å². The monoisotopic (exact) mass is 185 g/mol. The first-order chi connectivity index (χ1) is 6.18. The molecule has 0 radical (unpaired) electrons. The predicted octanol–water partition coefficient (Wildman–Crippen LogP) is 2.32. The van der Waals surface area contributed by atoms with E-state index in [-0.39, 0.29) is 11.6 Å². The highest BCUT2D eigenvalue weighted by atomic mass is 16.5. The fourth-order valence-electron chi connectivity index (χ4n) is 2.14. The van der Waals surface area contributed by atoms with E-state index >= 15 is 0 Å². The molecule has 2 nitrogen and oxygen atoms in total. The third-order valence-electron chi connectivity index (χ3n) is 3.56. The average molecular weight is 185 g/mol. The molecule has 0 amide bonds. The first-order valence-electron chi connectivity index (χ1n) is 5.49. The van der Waals surface area contributed by atoms with Crippen LogP contribution in [0.15, 0.2) is 0 Å². The van der Waals surface area contributed by atoms with E-state index in [9.17, 15) is 0 Å². The lowest BCUT2D eigenvalue weighted by Gasteiger charge is -2.36. The number of methoxy groups -OCH3 is 1. The van der Waals surface area contributed by atoms with Gasteiger partial charge >= 0.3 is 0 Å². The van der Waals surface area contributed by atoms with Crippen LogP contribution in [0.2, 0.25) is 0 Å². The van der Waals surface area contributed by atoms with Crippen molar-refractivity contribution < 1.29 is 4.74 Å². The summed E-state index contributed by atoms with van der Waals surface area (Å²) >= 11 is 0. The molecule has 1 unspecified atom stereocenters. The lowest BCUT2D eigenvalue weighted by atomic mass is 9.86. The molecule has 2 heteroatoms. The van der Waals surface area contributed by atoms with Crippen LogP contribution in [0.5, 0.6) is 0 Å². The van der Waals surface area contributed by atoms with Gasteiger partial charge in [0.2, 0.25) is 0 Å². The Kier molecular flexibility index (Phi) is 3.74. The third kappa shape index (κ3) is 2.44. The van der Waals surface area contributed by atoms with Crippen molar-refractivity contribution in [3.05, 3.63) is 0 Å². The number of rotatable bonds is 6. The summed E-state index contributed by atoms with van der Waals surface area (Å²) in [7, 11) is 1.79. The summed E-state index contributed by atoms with van der Waals surface area (Å²) < 4.78 is 5.60. The highest BCUT2D eigenvalue weighted by Crippen LogP contribution is 2.37. The highest BCUT2D eigenvalue weighted by Gasteiger charge is 2.36. The van der Waals surface area contributed by atoms with Crippen LogP contribution >= 0.6 is 0 Å². The van der Waals surface area contributed by atoms with Gasteiger partial charge in [0.25, 0.3) is 0 Å². The average Bonchev–Trinajstić information content (AvgIpc) is 2.92. The standard InChI is InChI=1S/C11H23NO/c1-4-11(5-2,13-3)10(12)8-9-6-7-9/h9-10H,4-8,12H2,1-3H3. The van der Waals surface area contributed by atoms with Crippen LogP contribution in [0.1, 0.15) is 46.0 Å². The maximum absolute atomic E-state index is 6.20. The molecule has 0 aliphatic heterocycles. The van der Waals surface area contributed by atoms with Gasteiger partial charge in [-0.3, -0.25) is 0 Å². The molecular formula is C11H23NO. The summed E-state index contributed by atoms with van der Waals surface area (Å²) in [5, 5.41) is 0. The van der Waals surface area contributed by atoms with Gasteiger partial charge < -0.3 is 10.5 Å². The molecule has 1 aliphatic rings. The Morgan fingerprint density at radius 2 is 1.92 bits per heavy atom. The van der Waals surface area contributed by atoms with Crippen LogP contribution in [0.3, 0.4) is 0 Å². The van der Waals surface area contributed by atoms with Crippen LogP contribution in [0, 0.1) is 5.92 Å². The van der Waals surface area contributed by atoms with Gasteiger partial charge in [0.15, 0.2) is 0 Å². The molecule has 1 aliphatic carbocycles. The lowest BCUT2D eigenvalue weighted by Crippen LogP contribution is -2.49. The minimum atomic E-state index is -0.0669. The van der Waals surface area contributed by atoms with Crippen LogP contribution in [-0.4, -0.2) is 18.8 Å². The zero-order chi connectivity index (χ0) is 9.90. The van der Waals surface area contributed by atoms with Gasteiger partial charge in [-0.05, 0) is 25.2 Å². The Morgan fingerprint density at radius 3 is 2.23 bits per heavy atom. The molecule has 0 heterocycles. The van der Waals surface area contributed by atoms with Gasteiger partial charge in [-0.15, -0.1) is 0 Å². The van der Waals surface area contributed by atoms with Crippen LogP contribution in [0.4, 0.5) is 0 Å². The van der Waals surface area contributed by atoms with E-state index in [4.69, 9.17) is 10.5 Å². The molecule has 0 bridgehead atoms. The highest BCUT2D eigenvalue weighted by molar-refractivity contribution is 4.92. The van der Waals surface area contributed by atoms with E-state index in [0.717, 1.165) is 25.2 Å². The van der Waals surface area contributed by atoms with Crippen molar-refractivity contribution in [2.24, 2.45) is 11.7 Å². The molecule has 0 aromatic rings. The van der Waals surface area contributed by atoms with Crippen molar-refractivity contribution in [2.75, 3.05) is 7.11 Å². The molecule has 0 aromatic carbocycles. The molecule has 2 N–H and O–H groups in total. The summed E-state index contributed by atoms with van der Waals surface area (Å²) in [5.41, 5.74) is 6.13. The molecule has 13 heavy (non-hydrogen) atoms. The van der Waals surface area contributed by atoms with E-state index in [0.29, 0.717) is 0 Å². The van der Waals surface area contributed by atoms with Crippen molar-refractivity contribution >= 4 is 0 Å². The van der Waals surface area contributed by atoms with Crippen molar-refractivity contribution in [3.8, 4) is 0 Å². The first-order valence-corrected chi connectivity index (χ1v) is 5.49. The minimum Gasteiger partial charge on any atom is -0.377 e. The quantitative estimate of drug-likeness (QED) is 0.689. The van der Waals surface area contributed by atoms with Gasteiger partial charge in [0.1, 0.15) is 0 Å². The topological polar surface area (TPSA) is 35.2 Å². The Bertz CT molecular complexity index is 142. The second-order valence-electron chi connectivity index (χ2n) is 4.26. The van der Waals surface area contributed by atoms with E-state index in [1.807, 2.05) is 0 Å². The van der Waals surface area contributed by atoms with Crippen molar-refractivity contribution in [3.63, 3.8) is 0 Å². The Hall–Kier alpha value is -0.0800. The zero-order valence-electron chi connectivity index (χ0n) is 9.18. The van der Waals surface area contributed by atoms with E-state index in [1.54, 1.807) is 7.11 Å². The third-order valence-corrected chi connectivity index (χ3v) is 3.56. The molecule has 0 aromatic heterocycles. The summed E-state index contributed by atoms with van der Waals surface area (Å²) in [6.07, 6.45) is 5.94. The Labute approximate surface area is 81.8 Å². The largest absolute Gasteiger partial charge is 0.377 e. The Morgan fingerprint density at radius 1 is 1.38 bits per heavy atom. The first kappa shape index (κ1) is 11.0. The molecule has 78 valence electrons. The second-order valence-corrected chi connectivity index (χ2v) is 4.26. The fourth-order valence-corrected chi connectivity index (χ4v) is 2.14.